The molecule has 0 aromatic carbocycles. The first-order chi connectivity index (χ1) is 14.5. The lowest BCUT2D eigenvalue weighted by molar-refractivity contribution is -0.153. The summed E-state index contributed by atoms with van der Waals surface area (Å²) in [5.74, 6) is -1.73. The van der Waals surface area contributed by atoms with Crippen LogP contribution < -0.4 is 5.32 Å². The molecule has 1 saturated heterocycles. The second-order valence-electron chi connectivity index (χ2n) is 8.52. The van der Waals surface area contributed by atoms with Gasteiger partial charge in [0, 0.05) is 6.54 Å². The Hall–Kier alpha value is -1.18. The van der Waals surface area contributed by atoms with Crippen molar-refractivity contribution >= 4 is 11.9 Å². The van der Waals surface area contributed by atoms with Crippen molar-refractivity contribution in [3.05, 3.63) is 0 Å². The van der Waals surface area contributed by atoms with Crippen LogP contribution >= 0.6 is 0 Å². The van der Waals surface area contributed by atoms with Crippen molar-refractivity contribution in [3.8, 4) is 0 Å². The van der Waals surface area contributed by atoms with Crippen LogP contribution in [0.5, 0.6) is 0 Å². The number of hydrogen-bond donors (Lipinski definition) is 4. The molecule has 1 heterocycles. The van der Waals surface area contributed by atoms with Gasteiger partial charge < -0.3 is 25.4 Å². The van der Waals surface area contributed by atoms with Gasteiger partial charge in [-0.05, 0) is 6.42 Å². The number of cyclic esters (lactones) is 1. The number of hydrogen-bond acceptors (Lipinski definition) is 6. The van der Waals surface area contributed by atoms with Gasteiger partial charge in [-0.25, -0.2) is 4.79 Å². The number of carbonyl (C=O) groups excluding carboxylic acids is 2. The Morgan fingerprint density at radius 3 is 1.70 bits per heavy atom. The third kappa shape index (κ3) is 10.7. The van der Waals surface area contributed by atoms with E-state index < -0.39 is 36.3 Å². The molecule has 0 bridgehead atoms. The minimum absolute atomic E-state index is 0.424. The van der Waals surface area contributed by atoms with E-state index in [1.807, 2.05) is 0 Å². The van der Waals surface area contributed by atoms with Gasteiger partial charge in [-0.1, -0.05) is 96.8 Å². The smallest absolute Gasteiger partial charge is 0.338 e. The normalized spacial score (nSPS) is 22.1. The number of rotatable bonds is 18. The summed E-state index contributed by atoms with van der Waals surface area (Å²) in [7, 11) is 0. The summed E-state index contributed by atoms with van der Waals surface area (Å²) >= 11 is 0. The van der Waals surface area contributed by atoms with Gasteiger partial charge in [-0.2, -0.15) is 0 Å². The number of esters is 1. The largest absolute Gasteiger partial charge is 0.454 e. The second-order valence-corrected chi connectivity index (χ2v) is 8.52. The highest BCUT2D eigenvalue weighted by Crippen LogP contribution is 2.19. The molecule has 7 nitrogen and oxygen atoms in total. The summed E-state index contributed by atoms with van der Waals surface area (Å²) in [6.07, 6.45) is 12.6. The van der Waals surface area contributed by atoms with Crippen LogP contribution in [0.15, 0.2) is 0 Å². The van der Waals surface area contributed by atoms with Gasteiger partial charge in [0.05, 0.1) is 0 Å². The molecule has 0 unspecified atom stereocenters. The molecule has 1 fully saturated rings. The molecule has 0 aliphatic carbocycles. The van der Waals surface area contributed by atoms with E-state index in [1.165, 1.54) is 77.0 Å². The van der Waals surface area contributed by atoms with E-state index in [-0.39, 0.29) is 0 Å². The summed E-state index contributed by atoms with van der Waals surface area (Å²) in [6.45, 7) is 2.68. The van der Waals surface area contributed by atoms with Gasteiger partial charge in [-0.3, -0.25) is 4.79 Å². The summed E-state index contributed by atoms with van der Waals surface area (Å²) in [5, 5.41) is 31.4. The van der Waals surface area contributed by atoms with Crippen molar-refractivity contribution < 1.29 is 29.6 Å². The number of amides is 1. The zero-order valence-electron chi connectivity index (χ0n) is 18.7. The summed E-state index contributed by atoms with van der Waals surface area (Å²) < 4.78 is 4.65. The van der Waals surface area contributed by atoms with Gasteiger partial charge in [0.1, 0.15) is 6.10 Å². The van der Waals surface area contributed by atoms with Crippen LogP contribution in [0.25, 0.3) is 0 Å². The highest BCUT2D eigenvalue weighted by atomic mass is 16.6. The van der Waals surface area contributed by atoms with E-state index in [0.717, 1.165) is 19.3 Å². The molecule has 0 saturated carbocycles. The topological polar surface area (TPSA) is 116 Å². The zero-order valence-corrected chi connectivity index (χ0v) is 18.7. The fraction of sp³-hybridized carbons (Fsp3) is 0.913. The van der Waals surface area contributed by atoms with E-state index in [0.29, 0.717) is 6.54 Å². The van der Waals surface area contributed by atoms with Gasteiger partial charge in [0.15, 0.2) is 18.3 Å². The van der Waals surface area contributed by atoms with Crippen LogP contribution in [0, 0.1) is 0 Å². The van der Waals surface area contributed by atoms with Gasteiger partial charge in [-0.15, -0.1) is 0 Å². The van der Waals surface area contributed by atoms with Crippen molar-refractivity contribution in [1.82, 2.24) is 5.32 Å². The van der Waals surface area contributed by atoms with Gasteiger partial charge in [0.2, 0.25) is 0 Å². The number of unbranched alkanes of at least 4 members (excludes halogenated alkanes) is 14. The highest BCUT2D eigenvalue weighted by Gasteiger charge is 2.48. The Kier molecular flexibility index (Phi) is 14.8. The third-order valence-electron chi connectivity index (χ3n) is 5.81. The van der Waals surface area contributed by atoms with E-state index in [2.05, 4.69) is 17.0 Å². The van der Waals surface area contributed by atoms with E-state index in [4.69, 9.17) is 0 Å². The molecule has 4 N–H and O–H groups in total. The molecular weight excluding hydrogens is 386 g/mol. The predicted molar refractivity (Wildman–Crippen MR) is 116 cm³/mol. The lowest BCUT2D eigenvalue weighted by Gasteiger charge is -2.19. The standard InChI is InChI=1S/C23H43NO6/c1-2-3-4-5-6-7-8-9-10-11-12-13-14-15-16-17-24-22(28)20(27)21-18(25)19(26)23(29)30-21/h18-21,25-27H,2-17H2,1H3,(H,24,28)/t18-,19+,20-,21+/m1/s1. The number of nitrogens with one attached hydrogen (secondary N) is 1. The van der Waals surface area contributed by atoms with Crippen LogP contribution in [-0.2, 0) is 14.3 Å². The minimum atomic E-state index is -1.71. The Balaban J connectivity index is 1.88. The number of aliphatic hydroxyl groups excluding tert-OH is 3. The van der Waals surface area contributed by atoms with Crippen molar-refractivity contribution in [2.24, 2.45) is 0 Å². The van der Waals surface area contributed by atoms with E-state index in [1.54, 1.807) is 0 Å². The first-order valence-electron chi connectivity index (χ1n) is 12.0. The highest BCUT2D eigenvalue weighted by molar-refractivity contribution is 5.84. The Labute approximate surface area is 181 Å². The van der Waals surface area contributed by atoms with Crippen LogP contribution in [-0.4, -0.2) is 58.2 Å². The SMILES string of the molecule is CCCCCCCCCCCCCCCCCNC(=O)[C@H](O)[C@H]1OC(=O)[C@@H](O)[C@H]1O. The molecule has 1 aliphatic rings. The number of carbonyl (C=O) groups is 2. The fourth-order valence-corrected chi connectivity index (χ4v) is 3.81. The second kappa shape index (κ2) is 16.5. The molecule has 1 rings (SSSR count). The van der Waals surface area contributed by atoms with Crippen LogP contribution in [0.3, 0.4) is 0 Å². The van der Waals surface area contributed by atoms with Crippen molar-refractivity contribution in [2.75, 3.05) is 6.54 Å². The average molecular weight is 430 g/mol. The van der Waals surface area contributed by atoms with Crippen molar-refractivity contribution in [1.29, 1.82) is 0 Å². The maximum Gasteiger partial charge on any atom is 0.338 e. The lowest BCUT2D eigenvalue weighted by Crippen LogP contribution is -2.47. The Morgan fingerprint density at radius 2 is 1.30 bits per heavy atom. The summed E-state index contributed by atoms with van der Waals surface area (Å²) in [5.41, 5.74) is 0. The molecule has 0 aromatic rings. The maximum absolute atomic E-state index is 11.9. The monoisotopic (exact) mass is 429 g/mol. The van der Waals surface area contributed by atoms with Crippen LogP contribution in [0.2, 0.25) is 0 Å². The Bertz CT molecular complexity index is 473. The van der Waals surface area contributed by atoms with Gasteiger partial charge >= 0.3 is 5.97 Å². The summed E-state index contributed by atoms with van der Waals surface area (Å²) in [4.78, 5) is 23.1. The minimum Gasteiger partial charge on any atom is -0.454 e. The zero-order chi connectivity index (χ0) is 22.2. The number of aliphatic hydroxyl groups is 3. The quantitative estimate of drug-likeness (QED) is 0.197. The first kappa shape index (κ1) is 26.9. The number of ether oxygens (including phenoxy) is 1. The molecule has 1 aliphatic heterocycles. The predicted octanol–water partition coefficient (Wildman–Crippen LogP) is 2.98. The molecule has 30 heavy (non-hydrogen) atoms. The van der Waals surface area contributed by atoms with Crippen LogP contribution in [0.4, 0.5) is 0 Å². The third-order valence-corrected chi connectivity index (χ3v) is 5.81. The summed E-state index contributed by atoms with van der Waals surface area (Å²) in [6, 6.07) is 0. The molecular formula is C23H43NO6. The van der Waals surface area contributed by atoms with E-state index in [9.17, 15) is 24.9 Å². The molecule has 1 amide bonds. The van der Waals surface area contributed by atoms with Crippen molar-refractivity contribution in [2.45, 2.75) is 128 Å². The molecule has 0 radical (unpaired) electrons. The lowest BCUT2D eigenvalue weighted by atomic mass is 10.0. The average Bonchev–Trinajstić information content (AvgIpc) is 3.00. The fourth-order valence-electron chi connectivity index (χ4n) is 3.81. The Morgan fingerprint density at radius 1 is 0.867 bits per heavy atom. The molecule has 7 heteroatoms. The van der Waals surface area contributed by atoms with Gasteiger partial charge in [0.25, 0.3) is 5.91 Å². The van der Waals surface area contributed by atoms with E-state index >= 15 is 0 Å². The molecule has 0 spiro atoms. The first-order valence-corrected chi connectivity index (χ1v) is 12.0. The molecule has 0 aromatic heterocycles. The molecule has 4 atom stereocenters. The molecule has 176 valence electrons. The van der Waals surface area contributed by atoms with Crippen LogP contribution in [0.1, 0.15) is 103 Å². The maximum atomic E-state index is 11.9. The van der Waals surface area contributed by atoms with Crippen molar-refractivity contribution in [3.63, 3.8) is 0 Å².